The van der Waals surface area contributed by atoms with Gasteiger partial charge in [-0.25, -0.2) is 9.38 Å². The summed E-state index contributed by atoms with van der Waals surface area (Å²) in [5, 5.41) is 6.31. The van der Waals surface area contributed by atoms with Crippen molar-refractivity contribution in [3.8, 4) is 0 Å². The highest BCUT2D eigenvalue weighted by Gasteiger charge is 2.17. The van der Waals surface area contributed by atoms with Crippen LogP contribution in [0, 0.1) is 12.7 Å². The number of guanidine groups is 1. The first kappa shape index (κ1) is 21.7. The first-order valence-electron chi connectivity index (χ1n) is 8.65. The lowest BCUT2D eigenvalue weighted by atomic mass is 10.1. The number of hydrogen-bond donors (Lipinski definition) is 2. The average molecular weight is 462 g/mol. The van der Waals surface area contributed by atoms with Crippen LogP contribution in [0.4, 0.5) is 4.39 Å². The second-order valence-electron chi connectivity index (χ2n) is 6.04. The van der Waals surface area contributed by atoms with Gasteiger partial charge in [0.2, 0.25) is 5.91 Å². The van der Waals surface area contributed by atoms with Gasteiger partial charge in [-0.15, -0.1) is 24.0 Å². The number of amides is 1. The summed E-state index contributed by atoms with van der Waals surface area (Å²) in [5.74, 6) is 0.626. The lowest BCUT2D eigenvalue weighted by Crippen LogP contribution is -2.39. The molecule has 0 aliphatic carbocycles. The maximum Gasteiger partial charge on any atom is 0.224 e. The van der Waals surface area contributed by atoms with Gasteiger partial charge in [0.25, 0.3) is 0 Å². The Bertz CT molecular complexity index is 588. The van der Waals surface area contributed by atoms with Crippen LogP contribution in [-0.2, 0) is 11.3 Å². The third-order valence-electron chi connectivity index (χ3n) is 4.09. The van der Waals surface area contributed by atoms with E-state index in [9.17, 15) is 9.18 Å². The molecule has 0 bridgehead atoms. The molecule has 1 aromatic rings. The van der Waals surface area contributed by atoms with Crippen molar-refractivity contribution in [2.24, 2.45) is 4.99 Å². The van der Waals surface area contributed by atoms with Crippen molar-refractivity contribution in [3.63, 3.8) is 0 Å². The zero-order chi connectivity index (χ0) is 17.4. The Kier molecular flexibility index (Phi) is 9.77. The summed E-state index contributed by atoms with van der Waals surface area (Å²) in [6, 6.07) is 5.15. The number of carbonyl (C=O) groups excluding carboxylic acids is 1. The van der Waals surface area contributed by atoms with Gasteiger partial charge < -0.3 is 15.5 Å². The van der Waals surface area contributed by atoms with E-state index in [4.69, 9.17) is 0 Å². The van der Waals surface area contributed by atoms with Gasteiger partial charge in [-0.05, 0) is 43.9 Å². The molecule has 0 saturated carbocycles. The Labute approximate surface area is 166 Å². The summed E-state index contributed by atoms with van der Waals surface area (Å²) in [6.45, 7) is 7.16. The van der Waals surface area contributed by atoms with Crippen molar-refractivity contribution in [1.82, 2.24) is 15.5 Å². The minimum Gasteiger partial charge on any atom is -0.357 e. The maximum atomic E-state index is 13.6. The molecule has 1 aromatic carbocycles. The van der Waals surface area contributed by atoms with Gasteiger partial charge in [-0.1, -0.05) is 12.1 Å². The number of carbonyl (C=O) groups is 1. The Morgan fingerprint density at radius 3 is 2.64 bits per heavy atom. The van der Waals surface area contributed by atoms with Gasteiger partial charge >= 0.3 is 0 Å². The number of nitrogens with zero attached hydrogens (tertiary/aromatic N) is 2. The first-order chi connectivity index (χ1) is 11.6. The van der Waals surface area contributed by atoms with Gasteiger partial charge in [-0.3, -0.25) is 4.79 Å². The van der Waals surface area contributed by atoms with E-state index >= 15 is 0 Å². The fraction of sp³-hybridized carbons (Fsp3) is 0.556. The monoisotopic (exact) mass is 462 g/mol. The Morgan fingerprint density at radius 2 is 2.00 bits per heavy atom. The number of rotatable bonds is 6. The minimum absolute atomic E-state index is 0. The van der Waals surface area contributed by atoms with E-state index in [1.54, 1.807) is 13.0 Å². The van der Waals surface area contributed by atoms with E-state index in [1.807, 2.05) is 17.9 Å². The highest BCUT2D eigenvalue weighted by Crippen LogP contribution is 2.10. The predicted molar refractivity (Wildman–Crippen MR) is 110 cm³/mol. The Balaban J connectivity index is 0.00000312. The number of likely N-dealkylation sites (tertiary alicyclic amines) is 1. The molecule has 0 atom stereocenters. The van der Waals surface area contributed by atoms with Gasteiger partial charge in [-0.2, -0.15) is 0 Å². The van der Waals surface area contributed by atoms with E-state index in [-0.39, 0.29) is 35.7 Å². The molecule has 140 valence electrons. The summed E-state index contributed by atoms with van der Waals surface area (Å²) < 4.78 is 13.6. The van der Waals surface area contributed by atoms with Crippen LogP contribution in [0.5, 0.6) is 0 Å². The number of nitrogens with one attached hydrogen (secondary N) is 2. The Morgan fingerprint density at radius 1 is 1.28 bits per heavy atom. The van der Waals surface area contributed by atoms with Crippen LogP contribution in [0.1, 0.15) is 37.3 Å². The number of hydrogen-bond acceptors (Lipinski definition) is 2. The third-order valence-corrected chi connectivity index (χ3v) is 4.09. The van der Waals surface area contributed by atoms with Crippen LogP contribution in [-0.4, -0.2) is 42.9 Å². The van der Waals surface area contributed by atoms with E-state index in [0.29, 0.717) is 31.0 Å². The van der Waals surface area contributed by atoms with Crippen LogP contribution in [0.25, 0.3) is 0 Å². The topological polar surface area (TPSA) is 56.7 Å². The predicted octanol–water partition coefficient (Wildman–Crippen LogP) is 2.82. The van der Waals surface area contributed by atoms with E-state index in [2.05, 4.69) is 15.6 Å². The summed E-state index contributed by atoms with van der Waals surface area (Å²) >= 11 is 0. The highest BCUT2D eigenvalue weighted by atomic mass is 127. The SMILES string of the molecule is CCNC(=NCc1ccc(C)c(F)c1)NCCC(=O)N1CCCC1.I. The van der Waals surface area contributed by atoms with Gasteiger partial charge in [0, 0.05) is 32.6 Å². The highest BCUT2D eigenvalue weighted by molar-refractivity contribution is 14.0. The molecule has 1 heterocycles. The Hall–Kier alpha value is -1.38. The molecule has 1 amide bonds. The molecule has 0 spiro atoms. The zero-order valence-corrected chi connectivity index (χ0v) is 17.3. The molecule has 7 heteroatoms. The normalized spacial score (nSPS) is 14.2. The first-order valence-corrected chi connectivity index (χ1v) is 8.65. The molecule has 25 heavy (non-hydrogen) atoms. The molecule has 0 radical (unpaired) electrons. The van der Waals surface area contributed by atoms with Gasteiger partial charge in [0.05, 0.1) is 6.54 Å². The third kappa shape index (κ3) is 7.17. The second kappa shape index (κ2) is 11.3. The van der Waals surface area contributed by atoms with Crippen LogP contribution in [0.3, 0.4) is 0 Å². The summed E-state index contributed by atoms with van der Waals surface area (Å²) in [6.07, 6.45) is 2.68. The van der Waals surface area contributed by atoms with Crippen LogP contribution >= 0.6 is 24.0 Å². The molecule has 5 nitrogen and oxygen atoms in total. The minimum atomic E-state index is -0.211. The number of benzene rings is 1. The van der Waals surface area contributed by atoms with Crippen molar-refractivity contribution in [1.29, 1.82) is 0 Å². The molecule has 1 aliphatic heterocycles. The second-order valence-corrected chi connectivity index (χ2v) is 6.04. The van der Waals surface area contributed by atoms with Crippen molar-refractivity contribution >= 4 is 35.8 Å². The molecule has 1 saturated heterocycles. The standard InChI is InChI=1S/C18H27FN4O.HI/c1-3-20-18(21-9-8-17(24)23-10-4-5-11-23)22-13-15-7-6-14(2)16(19)12-15;/h6-7,12H,3-5,8-11,13H2,1-2H3,(H2,20,21,22);1H. The molecule has 1 aliphatic rings. The van der Waals surface area contributed by atoms with Crippen molar-refractivity contribution in [2.45, 2.75) is 39.7 Å². The van der Waals surface area contributed by atoms with E-state index in [1.165, 1.54) is 6.07 Å². The smallest absolute Gasteiger partial charge is 0.224 e. The molecular formula is C18H28FIN4O. The number of halogens is 2. The van der Waals surface area contributed by atoms with Crippen LogP contribution in [0.2, 0.25) is 0 Å². The summed E-state index contributed by atoms with van der Waals surface area (Å²) in [5.41, 5.74) is 1.46. The van der Waals surface area contributed by atoms with Gasteiger partial charge in [0.15, 0.2) is 5.96 Å². The van der Waals surface area contributed by atoms with Crippen molar-refractivity contribution < 1.29 is 9.18 Å². The summed E-state index contributed by atoms with van der Waals surface area (Å²) in [7, 11) is 0. The van der Waals surface area contributed by atoms with E-state index in [0.717, 1.165) is 38.0 Å². The quantitative estimate of drug-likeness (QED) is 0.389. The molecule has 2 N–H and O–H groups in total. The van der Waals surface area contributed by atoms with Crippen molar-refractivity contribution in [3.05, 3.63) is 35.1 Å². The van der Waals surface area contributed by atoms with Gasteiger partial charge in [0.1, 0.15) is 5.82 Å². The largest absolute Gasteiger partial charge is 0.357 e. The maximum absolute atomic E-state index is 13.6. The summed E-state index contributed by atoms with van der Waals surface area (Å²) in [4.78, 5) is 18.4. The number of aliphatic imine (C=N–C) groups is 1. The average Bonchev–Trinajstić information content (AvgIpc) is 3.10. The van der Waals surface area contributed by atoms with Crippen LogP contribution in [0.15, 0.2) is 23.2 Å². The molecule has 0 unspecified atom stereocenters. The van der Waals surface area contributed by atoms with E-state index < -0.39 is 0 Å². The molecular weight excluding hydrogens is 434 g/mol. The van der Waals surface area contributed by atoms with Crippen LogP contribution < -0.4 is 10.6 Å². The molecule has 0 aromatic heterocycles. The lowest BCUT2D eigenvalue weighted by molar-refractivity contribution is -0.129. The van der Waals surface area contributed by atoms with Crippen molar-refractivity contribution in [2.75, 3.05) is 26.2 Å². The lowest BCUT2D eigenvalue weighted by Gasteiger charge is -2.16. The zero-order valence-electron chi connectivity index (χ0n) is 15.0. The molecule has 1 fully saturated rings. The molecule has 2 rings (SSSR count). The fourth-order valence-corrected chi connectivity index (χ4v) is 2.66. The fourth-order valence-electron chi connectivity index (χ4n) is 2.66. The number of aryl methyl sites for hydroxylation is 1.